The van der Waals surface area contributed by atoms with Crippen molar-refractivity contribution in [3.05, 3.63) is 29.8 Å². The number of aliphatic hydroxyl groups excluding tert-OH is 1. The van der Waals surface area contributed by atoms with E-state index in [1.807, 2.05) is 24.3 Å². The van der Waals surface area contributed by atoms with Crippen LogP contribution in [-0.2, 0) is 6.42 Å². The van der Waals surface area contributed by atoms with Crippen LogP contribution in [0.25, 0.3) is 0 Å². The van der Waals surface area contributed by atoms with Gasteiger partial charge in [-0.1, -0.05) is 12.1 Å². The Morgan fingerprint density at radius 3 is 2.71 bits per heavy atom. The number of aliphatic hydroxyl groups is 2. The summed E-state index contributed by atoms with van der Waals surface area (Å²) in [6.07, 6.45) is 0.417. The molecule has 0 aliphatic carbocycles. The lowest BCUT2D eigenvalue weighted by Gasteiger charge is -2.20. The van der Waals surface area contributed by atoms with E-state index in [1.54, 1.807) is 14.0 Å². The van der Waals surface area contributed by atoms with E-state index in [4.69, 9.17) is 9.84 Å². The number of methoxy groups -OCH3 is 1. The van der Waals surface area contributed by atoms with Gasteiger partial charge in [-0.25, -0.2) is 0 Å². The van der Waals surface area contributed by atoms with Crippen LogP contribution in [0.4, 0.5) is 0 Å². The molecule has 3 nitrogen and oxygen atoms in total. The van der Waals surface area contributed by atoms with E-state index in [0.29, 0.717) is 6.42 Å². The largest absolute Gasteiger partial charge is 0.497 e. The first-order valence-corrected chi connectivity index (χ1v) is 4.53. The van der Waals surface area contributed by atoms with E-state index in [2.05, 4.69) is 0 Å². The molecule has 0 saturated heterocycles. The Morgan fingerprint density at radius 1 is 1.43 bits per heavy atom. The van der Waals surface area contributed by atoms with Crippen LogP contribution < -0.4 is 4.74 Å². The molecule has 0 radical (unpaired) electrons. The van der Waals surface area contributed by atoms with Crippen molar-refractivity contribution < 1.29 is 14.9 Å². The smallest absolute Gasteiger partial charge is 0.119 e. The van der Waals surface area contributed by atoms with Gasteiger partial charge in [-0.15, -0.1) is 0 Å². The van der Waals surface area contributed by atoms with E-state index in [9.17, 15) is 5.11 Å². The molecule has 1 aromatic rings. The summed E-state index contributed by atoms with van der Waals surface area (Å²) < 4.78 is 5.06. The Balaban J connectivity index is 2.76. The summed E-state index contributed by atoms with van der Waals surface area (Å²) in [4.78, 5) is 0. The fourth-order valence-electron chi connectivity index (χ4n) is 1.28. The highest BCUT2D eigenvalue weighted by atomic mass is 16.5. The molecule has 0 aliphatic rings. The number of hydrogen-bond acceptors (Lipinski definition) is 3. The van der Waals surface area contributed by atoms with Gasteiger partial charge in [-0.05, 0) is 24.6 Å². The Morgan fingerprint density at radius 2 is 2.14 bits per heavy atom. The molecule has 3 heteroatoms. The van der Waals surface area contributed by atoms with Crippen molar-refractivity contribution in [1.82, 2.24) is 0 Å². The summed E-state index contributed by atoms with van der Waals surface area (Å²) in [7, 11) is 1.60. The van der Waals surface area contributed by atoms with E-state index < -0.39 is 5.60 Å². The summed E-state index contributed by atoms with van der Waals surface area (Å²) in [6.45, 7) is 1.36. The normalized spacial score (nSPS) is 14.9. The second-order valence-electron chi connectivity index (χ2n) is 3.68. The van der Waals surface area contributed by atoms with Crippen molar-refractivity contribution in [2.45, 2.75) is 18.9 Å². The van der Waals surface area contributed by atoms with E-state index in [1.165, 1.54) is 0 Å². The molecule has 1 atom stereocenters. The van der Waals surface area contributed by atoms with Gasteiger partial charge in [0.25, 0.3) is 0 Å². The molecule has 1 rings (SSSR count). The van der Waals surface area contributed by atoms with Gasteiger partial charge in [-0.2, -0.15) is 0 Å². The molecule has 0 aromatic heterocycles. The third-order valence-electron chi connectivity index (χ3n) is 2.06. The van der Waals surface area contributed by atoms with Gasteiger partial charge in [-0.3, -0.25) is 0 Å². The molecule has 0 spiro atoms. The lowest BCUT2D eigenvalue weighted by Crippen LogP contribution is -2.31. The van der Waals surface area contributed by atoms with Crippen LogP contribution in [0.15, 0.2) is 24.3 Å². The minimum Gasteiger partial charge on any atom is -0.497 e. The number of benzene rings is 1. The quantitative estimate of drug-likeness (QED) is 0.754. The average Bonchev–Trinajstić information content (AvgIpc) is 2.17. The van der Waals surface area contributed by atoms with Gasteiger partial charge in [0.1, 0.15) is 5.75 Å². The maximum atomic E-state index is 9.65. The number of ether oxygens (including phenoxy) is 1. The highest BCUT2D eigenvalue weighted by molar-refractivity contribution is 5.29. The van der Waals surface area contributed by atoms with Gasteiger partial charge < -0.3 is 14.9 Å². The van der Waals surface area contributed by atoms with Crippen LogP contribution in [0.3, 0.4) is 0 Å². The predicted octanol–water partition coefficient (Wildman–Crippen LogP) is 0.981. The third kappa shape index (κ3) is 3.01. The summed E-state index contributed by atoms with van der Waals surface area (Å²) in [5, 5.41) is 18.6. The van der Waals surface area contributed by atoms with Gasteiger partial charge in [0, 0.05) is 6.42 Å². The Labute approximate surface area is 84.0 Å². The fourth-order valence-corrected chi connectivity index (χ4v) is 1.28. The maximum Gasteiger partial charge on any atom is 0.119 e. The monoisotopic (exact) mass is 196 g/mol. The first-order valence-electron chi connectivity index (χ1n) is 4.53. The van der Waals surface area contributed by atoms with Crippen LogP contribution >= 0.6 is 0 Å². The van der Waals surface area contributed by atoms with Gasteiger partial charge in [0.2, 0.25) is 0 Å². The maximum absolute atomic E-state index is 9.65. The Kier molecular flexibility index (Phi) is 3.49. The van der Waals surface area contributed by atoms with Gasteiger partial charge in [0.15, 0.2) is 0 Å². The minimum absolute atomic E-state index is 0.246. The molecule has 2 N–H and O–H groups in total. The molecule has 0 aliphatic heterocycles. The zero-order valence-electron chi connectivity index (χ0n) is 8.53. The van der Waals surface area contributed by atoms with Crippen LogP contribution in [-0.4, -0.2) is 29.5 Å². The van der Waals surface area contributed by atoms with Crippen molar-refractivity contribution in [2.24, 2.45) is 0 Å². The lowest BCUT2D eigenvalue weighted by molar-refractivity contribution is 0.00230. The molecule has 1 unspecified atom stereocenters. The Bertz CT molecular complexity index is 294. The highest BCUT2D eigenvalue weighted by Gasteiger charge is 2.19. The van der Waals surface area contributed by atoms with Crippen molar-refractivity contribution in [1.29, 1.82) is 0 Å². The highest BCUT2D eigenvalue weighted by Crippen LogP contribution is 2.17. The van der Waals surface area contributed by atoms with Crippen LogP contribution in [0, 0.1) is 0 Å². The second-order valence-corrected chi connectivity index (χ2v) is 3.68. The number of rotatable bonds is 4. The molecule has 0 amide bonds. The topological polar surface area (TPSA) is 49.7 Å². The zero-order valence-corrected chi connectivity index (χ0v) is 8.53. The van der Waals surface area contributed by atoms with Crippen molar-refractivity contribution in [3.8, 4) is 5.75 Å². The molecule has 0 heterocycles. The summed E-state index contributed by atoms with van der Waals surface area (Å²) in [6, 6.07) is 7.45. The van der Waals surface area contributed by atoms with E-state index in [0.717, 1.165) is 11.3 Å². The van der Waals surface area contributed by atoms with Gasteiger partial charge in [0.05, 0.1) is 19.3 Å². The molecular weight excluding hydrogens is 180 g/mol. The minimum atomic E-state index is -1.06. The Hall–Kier alpha value is -1.06. The van der Waals surface area contributed by atoms with E-state index in [-0.39, 0.29) is 6.61 Å². The second kappa shape index (κ2) is 4.44. The molecule has 78 valence electrons. The zero-order chi connectivity index (χ0) is 10.6. The standard InChI is InChI=1S/C11H16O3/c1-11(13,8-12)7-9-4-3-5-10(6-9)14-2/h3-6,12-13H,7-8H2,1-2H3. The summed E-state index contributed by atoms with van der Waals surface area (Å²) >= 11 is 0. The molecule has 1 aromatic carbocycles. The van der Waals surface area contributed by atoms with Crippen molar-refractivity contribution in [2.75, 3.05) is 13.7 Å². The molecular formula is C11H16O3. The van der Waals surface area contributed by atoms with Crippen LogP contribution in [0.5, 0.6) is 5.75 Å². The van der Waals surface area contributed by atoms with Crippen LogP contribution in [0.1, 0.15) is 12.5 Å². The summed E-state index contributed by atoms with van der Waals surface area (Å²) in [5.74, 6) is 0.760. The molecule has 0 bridgehead atoms. The molecule has 14 heavy (non-hydrogen) atoms. The molecule has 0 fully saturated rings. The molecule has 0 saturated carbocycles. The number of hydrogen-bond donors (Lipinski definition) is 2. The summed E-state index contributed by atoms with van der Waals surface area (Å²) in [5.41, 5.74) is -0.116. The first kappa shape index (κ1) is 11.0. The SMILES string of the molecule is COc1cccc(CC(C)(O)CO)c1. The van der Waals surface area contributed by atoms with Gasteiger partial charge >= 0.3 is 0 Å². The predicted molar refractivity (Wildman–Crippen MR) is 54.4 cm³/mol. The lowest BCUT2D eigenvalue weighted by atomic mass is 9.97. The van der Waals surface area contributed by atoms with Crippen molar-refractivity contribution >= 4 is 0 Å². The average molecular weight is 196 g/mol. The fraction of sp³-hybridized carbons (Fsp3) is 0.455. The first-order chi connectivity index (χ1) is 6.57. The van der Waals surface area contributed by atoms with E-state index >= 15 is 0 Å². The van der Waals surface area contributed by atoms with Crippen LogP contribution in [0.2, 0.25) is 0 Å². The third-order valence-corrected chi connectivity index (χ3v) is 2.06. The van der Waals surface area contributed by atoms with Crippen molar-refractivity contribution in [3.63, 3.8) is 0 Å².